The second-order valence-corrected chi connectivity index (χ2v) is 7.98. The molecule has 0 saturated carbocycles. The van der Waals surface area contributed by atoms with E-state index in [0.717, 1.165) is 15.9 Å². The van der Waals surface area contributed by atoms with E-state index in [-0.39, 0.29) is 11.7 Å². The van der Waals surface area contributed by atoms with Crippen LogP contribution in [0.1, 0.15) is 5.56 Å². The van der Waals surface area contributed by atoms with Crippen molar-refractivity contribution in [1.82, 2.24) is 19.7 Å². The molecule has 0 aliphatic heterocycles. The molecule has 27 heavy (non-hydrogen) atoms. The Morgan fingerprint density at radius 3 is 2.74 bits per heavy atom. The quantitative estimate of drug-likeness (QED) is 0.479. The molecule has 4 aromatic rings. The summed E-state index contributed by atoms with van der Waals surface area (Å²) in [5.41, 5.74) is 3.07. The third-order valence-electron chi connectivity index (χ3n) is 4.10. The fraction of sp³-hybridized carbons (Fsp3) is 0.158. The van der Waals surface area contributed by atoms with Gasteiger partial charge in [0.2, 0.25) is 5.91 Å². The van der Waals surface area contributed by atoms with E-state index in [1.807, 2.05) is 60.0 Å². The van der Waals surface area contributed by atoms with Gasteiger partial charge in [0.05, 0.1) is 16.0 Å². The molecule has 0 saturated heterocycles. The van der Waals surface area contributed by atoms with Crippen molar-refractivity contribution in [2.75, 3.05) is 17.7 Å². The smallest absolute Gasteiger partial charge is 0.238 e. The first-order chi connectivity index (χ1) is 13.1. The van der Waals surface area contributed by atoms with Crippen molar-refractivity contribution in [1.29, 1.82) is 0 Å². The number of carbonyl (C=O) groups is 1. The third kappa shape index (κ3) is 3.72. The molecule has 0 radical (unpaired) electrons. The van der Waals surface area contributed by atoms with Crippen LogP contribution in [0.25, 0.3) is 15.9 Å². The highest BCUT2D eigenvalue weighted by molar-refractivity contribution is 7.99. The average Bonchev–Trinajstić information content (AvgIpc) is 3.32. The van der Waals surface area contributed by atoms with Crippen LogP contribution in [-0.2, 0) is 4.79 Å². The van der Waals surface area contributed by atoms with Gasteiger partial charge in [0.1, 0.15) is 6.33 Å². The number of benzene rings is 2. The molecule has 4 rings (SSSR count). The summed E-state index contributed by atoms with van der Waals surface area (Å²) in [4.78, 5) is 18.8. The summed E-state index contributed by atoms with van der Waals surface area (Å²) in [5, 5.41) is 9.51. The molecular weight excluding hydrogens is 378 g/mol. The largest absolute Gasteiger partial charge is 0.290 e. The van der Waals surface area contributed by atoms with Gasteiger partial charge < -0.3 is 0 Å². The Morgan fingerprint density at radius 2 is 1.96 bits per heavy atom. The van der Waals surface area contributed by atoms with Crippen molar-refractivity contribution in [2.24, 2.45) is 0 Å². The molecule has 0 aliphatic rings. The lowest BCUT2D eigenvalue weighted by Gasteiger charge is -2.13. The molecule has 136 valence electrons. The molecule has 8 heteroatoms. The molecule has 6 nitrogen and oxygen atoms in total. The Balaban J connectivity index is 1.46. The number of hydrogen-bond acceptors (Lipinski definition) is 6. The summed E-state index contributed by atoms with van der Waals surface area (Å²) in [6.07, 6.45) is 1.66. The van der Waals surface area contributed by atoms with Crippen molar-refractivity contribution in [3.63, 3.8) is 0 Å². The van der Waals surface area contributed by atoms with Gasteiger partial charge in [0.25, 0.3) is 0 Å². The van der Waals surface area contributed by atoms with Crippen molar-refractivity contribution >= 4 is 44.4 Å². The van der Waals surface area contributed by atoms with Crippen LogP contribution in [-0.4, -0.2) is 38.5 Å². The van der Waals surface area contributed by atoms with Crippen LogP contribution >= 0.6 is 23.1 Å². The fourth-order valence-corrected chi connectivity index (χ4v) is 4.33. The predicted molar refractivity (Wildman–Crippen MR) is 110 cm³/mol. The van der Waals surface area contributed by atoms with E-state index in [0.29, 0.717) is 10.3 Å². The summed E-state index contributed by atoms with van der Waals surface area (Å²) < 4.78 is 2.95. The lowest BCUT2D eigenvalue weighted by molar-refractivity contribution is -0.115. The van der Waals surface area contributed by atoms with Crippen molar-refractivity contribution < 1.29 is 4.79 Å². The van der Waals surface area contributed by atoms with E-state index < -0.39 is 0 Å². The molecule has 2 aromatic carbocycles. The lowest BCUT2D eigenvalue weighted by Crippen LogP contribution is -2.27. The van der Waals surface area contributed by atoms with Gasteiger partial charge in [-0.3, -0.25) is 14.3 Å². The molecule has 0 bridgehead atoms. The number of hydrogen-bond donors (Lipinski definition) is 0. The molecule has 0 aliphatic carbocycles. The van der Waals surface area contributed by atoms with E-state index in [9.17, 15) is 4.79 Å². The fourth-order valence-electron chi connectivity index (χ4n) is 2.54. The van der Waals surface area contributed by atoms with Crippen LogP contribution in [0.15, 0.2) is 60.0 Å². The Kier molecular flexibility index (Phi) is 4.91. The Labute approximate surface area is 164 Å². The number of thioether (sulfide) groups is 1. The van der Waals surface area contributed by atoms with Crippen LogP contribution in [0.5, 0.6) is 0 Å². The summed E-state index contributed by atoms with van der Waals surface area (Å²) in [5.74, 6) is 0.231. The van der Waals surface area contributed by atoms with E-state index in [4.69, 9.17) is 0 Å². The van der Waals surface area contributed by atoms with Crippen molar-refractivity contribution in [3.8, 4) is 5.69 Å². The predicted octanol–water partition coefficient (Wildman–Crippen LogP) is 3.94. The highest BCUT2D eigenvalue weighted by Crippen LogP contribution is 2.28. The van der Waals surface area contributed by atoms with Gasteiger partial charge in [0.15, 0.2) is 10.3 Å². The second-order valence-electron chi connectivity index (χ2n) is 6.02. The number of anilines is 1. The van der Waals surface area contributed by atoms with Gasteiger partial charge in [-0.1, -0.05) is 52.9 Å². The maximum absolute atomic E-state index is 12.6. The Hall–Kier alpha value is -2.71. The Morgan fingerprint density at radius 1 is 1.19 bits per heavy atom. The number of aryl methyl sites for hydroxylation is 1. The minimum atomic E-state index is -0.0301. The van der Waals surface area contributed by atoms with Crippen LogP contribution in [0.2, 0.25) is 0 Å². The highest BCUT2D eigenvalue weighted by atomic mass is 32.2. The maximum atomic E-state index is 12.6. The zero-order valence-electron chi connectivity index (χ0n) is 14.9. The molecule has 0 fully saturated rings. The van der Waals surface area contributed by atoms with Gasteiger partial charge >= 0.3 is 0 Å². The first kappa shape index (κ1) is 17.7. The van der Waals surface area contributed by atoms with E-state index in [2.05, 4.69) is 15.2 Å². The number of fused-ring (bicyclic) bond motifs is 1. The molecule has 1 amide bonds. The zero-order chi connectivity index (χ0) is 18.8. The lowest BCUT2D eigenvalue weighted by atomic mass is 10.2. The van der Waals surface area contributed by atoms with Crippen molar-refractivity contribution in [2.45, 2.75) is 12.1 Å². The molecule has 0 atom stereocenters. The van der Waals surface area contributed by atoms with Crippen LogP contribution in [0.3, 0.4) is 0 Å². The number of thiazole rings is 1. The van der Waals surface area contributed by atoms with Gasteiger partial charge in [0, 0.05) is 12.7 Å². The average molecular weight is 396 g/mol. The minimum absolute atomic E-state index is 0.0301. The second kappa shape index (κ2) is 7.50. The number of nitrogens with zero attached hydrogens (tertiary/aromatic N) is 5. The van der Waals surface area contributed by atoms with Gasteiger partial charge in [-0.15, -0.1) is 10.2 Å². The SMILES string of the molecule is Cc1ccc(-n2cnnc2SCC(=O)N(C)c2nc3ccccc3s2)cc1. The number of carbonyl (C=O) groups excluding carboxylic acids is 1. The van der Waals surface area contributed by atoms with Crippen LogP contribution < -0.4 is 4.90 Å². The molecular formula is C19H17N5OS2. The summed E-state index contributed by atoms with van der Waals surface area (Å²) in [7, 11) is 1.76. The number of amides is 1. The molecule has 2 heterocycles. The van der Waals surface area contributed by atoms with Crippen molar-refractivity contribution in [3.05, 3.63) is 60.4 Å². The zero-order valence-corrected chi connectivity index (χ0v) is 16.5. The molecule has 2 aromatic heterocycles. The van der Waals surface area contributed by atoms with E-state index in [1.165, 1.54) is 28.7 Å². The normalized spacial score (nSPS) is 11.0. The van der Waals surface area contributed by atoms with E-state index >= 15 is 0 Å². The highest BCUT2D eigenvalue weighted by Gasteiger charge is 2.17. The summed E-state index contributed by atoms with van der Waals surface area (Å²) >= 11 is 2.88. The van der Waals surface area contributed by atoms with Gasteiger partial charge in [-0.05, 0) is 31.2 Å². The third-order valence-corrected chi connectivity index (χ3v) is 6.14. The Bertz CT molecular complexity index is 1050. The standard InChI is InChI=1S/C19H17N5OS2/c1-13-7-9-14(10-8-13)24-12-20-22-19(24)26-11-17(25)23(2)18-21-15-5-3-4-6-16(15)27-18/h3-10,12H,11H2,1-2H3. The minimum Gasteiger partial charge on any atom is -0.290 e. The summed E-state index contributed by atoms with van der Waals surface area (Å²) in [6.45, 7) is 2.04. The number of rotatable bonds is 5. The molecule has 0 spiro atoms. The van der Waals surface area contributed by atoms with E-state index in [1.54, 1.807) is 18.3 Å². The maximum Gasteiger partial charge on any atom is 0.238 e. The van der Waals surface area contributed by atoms with Crippen LogP contribution in [0, 0.1) is 6.92 Å². The molecule has 0 unspecified atom stereocenters. The first-order valence-corrected chi connectivity index (χ1v) is 10.1. The topological polar surface area (TPSA) is 63.9 Å². The first-order valence-electron chi connectivity index (χ1n) is 8.34. The van der Waals surface area contributed by atoms with Gasteiger partial charge in [-0.2, -0.15) is 0 Å². The van der Waals surface area contributed by atoms with Crippen LogP contribution in [0.4, 0.5) is 5.13 Å². The monoisotopic (exact) mass is 395 g/mol. The summed E-state index contributed by atoms with van der Waals surface area (Å²) in [6, 6.07) is 16.0. The van der Waals surface area contributed by atoms with Gasteiger partial charge in [-0.25, -0.2) is 4.98 Å². The number of para-hydroxylation sites is 1. The molecule has 0 N–H and O–H groups in total. The number of aromatic nitrogens is 4.